The quantitative estimate of drug-likeness (QED) is 0.869. The van der Waals surface area contributed by atoms with E-state index in [1.165, 1.54) is 0 Å². The molecular formula is C16H21N3O2S. The number of carbonyl (C=O) groups is 1. The van der Waals surface area contributed by atoms with Crippen molar-refractivity contribution in [3.8, 4) is 0 Å². The SMILES string of the molecule is CCC(C)OC1CCN(C(=O)c2cccc3nsnc23)CC1. The van der Waals surface area contributed by atoms with E-state index >= 15 is 0 Å². The Kier molecular flexibility index (Phi) is 4.69. The Labute approximate surface area is 134 Å². The maximum atomic E-state index is 12.7. The zero-order chi connectivity index (χ0) is 15.5. The first kappa shape index (κ1) is 15.4. The molecule has 1 aromatic carbocycles. The van der Waals surface area contributed by atoms with E-state index in [9.17, 15) is 4.79 Å². The molecule has 2 heterocycles. The van der Waals surface area contributed by atoms with Gasteiger partial charge in [0.15, 0.2) is 0 Å². The predicted molar refractivity (Wildman–Crippen MR) is 87.2 cm³/mol. The van der Waals surface area contributed by atoms with E-state index in [0.29, 0.717) is 11.7 Å². The van der Waals surface area contributed by atoms with Crippen LogP contribution >= 0.6 is 11.7 Å². The van der Waals surface area contributed by atoms with Gasteiger partial charge in [0.2, 0.25) is 0 Å². The molecule has 6 heteroatoms. The van der Waals surface area contributed by atoms with Crippen LogP contribution in [0, 0.1) is 0 Å². The van der Waals surface area contributed by atoms with Crippen LogP contribution in [0.25, 0.3) is 11.0 Å². The number of ether oxygens (including phenoxy) is 1. The third-order valence-electron chi connectivity index (χ3n) is 4.25. The maximum Gasteiger partial charge on any atom is 0.256 e. The van der Waals surface area contributed by atoms with Gasteiger partial charge in [-0.1, -0.05) is 13.0 Å². The number of amides is 1. The topological polar surface area (TPSA) is 55.3 Å². The van der Waals surface area contributed by atoms with E-state index in [0.717, 1.165) is 55.1 Å². The third kappa shape index (κ3) is 3.13. The molecule has 1 saturated heterocycles. The molecule has 0 bridgehead atoms. The largest absolute Gasteiger partial charge is 0.375 e. The molecule has 118 valence electrons. The van der Waals surface area contributed by atoms with Crippen LogP contribution in [0.5, 0.6) is 0 Å². The summed E-state index contributed by atoms with van der Waals surface area (Å²) in [4.78, 5) is 14.6. The summed E-state index contributed by atoms with van der Waals surface area (Å²) >= 11 is 1.15. The Bertz CT molecular complexity index is 650. The van der Waals surface area contributed by atoms with Gasteiger partial charge in [-0.2, -0.15) is 8.75 Å². The number of hydrogen-bond donors (Lipinski definition) is 0. The molecule has 1 amide bonds. The maximum absolute atomic E-state index is 12.7. The number of piperidine rings is 1. The molecule has 1 aromatic heterocycles. The molecule has 1 fully saturated rings. The molecule has 0 aliphatic carbocycles. The van der Waals surface area contributed by atoms with E-state index in [4.69, 9.17) is 4.74 Å². The van der Waals surface area contributed by atoms with Gasteiger partial charge in [0.25, 0.3) is 5.91 Å². The third-order valence-corrected chi connectivity index (χ3v) is 4.79. The fourth-order valence-electron chi connectivity index (χ4n) is 2.77. The number of benzene rings is 1. The van der Waals surface area contributed by atoms with Gasteiger partial charge in [-0.3, -0.25) is 4.79 Å². The lowest BCUT2D eigenvalue weighted by Crippen LogP contribution is -2.41. The summed E-state index contributed by atoms with van der Waals surface area (Å²) in [5.74, 6) is 0.0558. The van der Waals surface area contributed by atoms with Crippen molar-refractivity contribution in [3.63, 3.8) is 0 Å². The minimum Gasteiger partial charge on any atom is -0.375 e. The molecule has 3 rings (SSSR count). The fraction of sp³-hybridized carbons (Fsp3) is 0.562. The summed E-state index contributed by atoms with van der Waals surface area (Å²) < 4.78 is 14.4. The Balaban J connectivity index is 1.66. The van der Waals surface area contributed by atoms with Gasteiger partial charge in [-0.15, -0.1) is 0 Å². The first-order valence-electron chi connectivity index (χ1n) is 7.85. The Morgan fingerprint density at radius 2 is 2.18 bits per heavy atom. The van der Waals surface area contributed by atoms with E-state index in [-0.39, 0.29) is 12.0 Å². The van der Waals surface area contributed by atoms with Crippen molar-refractivity contribution in [2.45, 2.75) is 45.3 Å². The molecule has 2 aromatic rings. The summed E-state index contributed by atoms with van der Waals surface area (Å²) in [6, 6.07) is 5.60. The van der Waals surface area contributed by atoms with Crippen LogP contribution in [-0.2, 0) is 4.74 Å². The van der Waals surface area contributed by atoms with Crippen molar-refractivity contribution in [2.24, 2.45) is 0 Å². The molecule has 1 aliphatic heterocycles. The number of rotatable bonds is 4. The summed E-state index contributed by atoms with van der Waals surface area (Å²) in [7, 11) is 0. The van der Waals surface area contributed by atoms with Crippen molar-refractivity contribution in [1.82, 2.24) is 13.6 Å². The summed E-state index contributed by atoms with van der Waals surface area (Å²) in [6.07, 6.45) is 3.40. The van der Waals surface area contributed by atoms with E-state index in [1.54, 1.807) is 0 Å². The van der Waals surface area contributed by atoms with Gasteiger partial charge in [-0.25, -0.2) is 0 Å². The summed E-state index contributed by atoms with van der Waals surface area (Å²) in [5.41, 5.74) is 2.17. The highest BCUT2D eigenvalue weighted by Crippen LogP contribution is 2.22. The van der Waals surface area contributed by atoms with Crippen molar-refractivity contribution >= 4 is 28.7 Å². The monoisotopic (exact) mass is 319 g/mol. The highest BCUT2D eigenvalue weighted by atomic mass is 32.1. The normalized spacial score (nSPS) is 17.8. The van der Waals surface area contributed by atoms with Crippen molar-refractivity contribution in [2.75, 3.05) is 13.1 Å². The van der Waals surface area contributed by atoms with Crippen molar-refractivity contribution in [3.05, 3.63) is 23.8 Å². The molecule has 1 unspecified atom stereocenters. The van der Waals surface area contributed by atoms with Crippen molar-refractivity contribution < 1.29 is 9.53 Å². The molecule has 0 spiro atoms. The van der Waals surface area contributed by atoms with E-state index < -0.39 is 0 Å². The zero-order valence-electron chi connectivity index (χ0n) is 13.0. The fourth-order valence-corrected chi connectivity index (χ4v) is 3.32. The van der Waals surface area contributed by atoms with Crippen LogP contribution in [0.2, 0.25) is 0 Å². The average molecular weight is 319 g/mol. The number of hydrogen-bond acceptors (Lipinski definition) is 5. The molecule has 1 aliphatic rings. The molecular weight excluding hydrogens is 298 g/mol. The number of fused-ring (bicyclic) bond motifs is 1. The lowest BCUT2D eigenvalue weighted by Gasteiger charge is -2.33. The van der Waals surface area contributed by atoms with E-state index in [1.807, 2.05) is 23.1 Å². The molecule has 0 N–H and O–H groups in total. The Hall–Kier alpha value is -1.53. The van der Waals surface area contributed by atoms with Crippen LogP contribution in [-0.4, -0.2) is 44.9 Å². The van der Waals surface area contributed by atoms with Crippen LogP contribution in [0.1, 0.15) is 43.5 Å². The second-order valence-corrected chi connectivity index (χ2v) is 6.31. The Morgan fingerprint density at radius 1 is 1.41 bits per heavy atom. The summed E-state index contributed by atoms with van der Waals surface area (Å²) in [6.45, 7) is 5.72. The minimum absolute atomic E-state index is 0.0558. The van der Waals surface area contributed by atoms with Crippen LogP contribution in [0.3, 0.4) is 0 Å². The number of nitrogens with zero attached hydrogens (tertiary/aromatic N) is 3. The second kappa shape index (κ2) is 6.71. The number of carbonyl (C=O) groups excluding carboxylic acids is 1. The molecule has 0 saturated carbocycles. The first-order valence-corrected chi connectivity index (χ1v) is 8.58. The van der Waals surface area contributed by atoms with Crippen LogP contribution in [0.15, 0.2) is 18.2 Å². The van der Waals surface area contributed by atoms with Gasteiger partial charge in [0.1, 0.15) is 11.0 Å². The van der Waals surface area contributed by atoms with Crippen LogP contribution in [0.4, 0.5) is 0 Å². The minimum atomic E-state index is 0.0558. The van der Waals surface area contributed by atoms with Crippen molar-refractivity contribution in [1.29, 1.82) is 0 Å². The standard InChI is InChI=1S/C16H21N3O2S/c1-3-11(2)21-12-7-9-19(10-8-12)16(20)13-5-4-6-14-15(13)18-22-17-14/h4-6,11-12H,3,7-10H2,1-2H3. The zero-order valence-corrected chi connectivity index (χ0v) is 13.8. The van der Waals surface area contributed by atoms with Gasteiger partial charge in [0.05, 0.1) is 29.5 Å². The van der Waals surface area contributed by atoms with Gasteiger partial charge in [-0.05, 0) is 38.3 Å². The van der Waals surface area contributed by atoms with Gasteiger partial charge in [0, 0.05) is 13.1 Å². The molecule has 1 atom stereocenters. The molecule has 0 radical (unpaired) electrons. The highest BCUT2D eigenvalue weighted by Gasteiger charge is 2.26. The number of likely N-dealkylation sites (tertiary alicyclic amines) is 1. The van der Waals surface area contributed by atoms with Crippen LogP contribution < -0.4 is 0 Å². The smallest absolute Gasteiger partial charge is 0.256 e. The van der Waals surface area contributed by atoms with Gasteiger partial charge >= 0.3 is 0 Å². The molecule has 5 nitrogen and oxygen atoms in total. The highest BCUT2D eigenvalue weighted by molar-refractivity contribution is 7.00. The second-order valence-electron chi connectivity index (χ2n) is 5.78. The first-order chi connectivity index (χ1) is 10.7. The predicted octanol–water partition coefficient (Wildman–Crippen LogP) is 3.11. The van der Waals surface area contributed by atoms with E-state index in [2.05, 4.69) is 22.6 Å². The lowest BCUT2D eigenvalue weighted by atomic mass is 10.1. The van der Waals surface area contributed by atoms with Gasteiger partial charge < -0.3 is 9.64 Å². The lowest BCUT2D eigenvalue weighted by molar-refractivity contribution is -0.0324. The Morgan fingerprint density at radius 3 is 2.91 bits per heavy atom. The summed E-state index contributed by atoms with van der Waals surface area (Å²) in [5, 5.41) is 0. The average Bonchev–Trinajstić information content (AvgIpc) is 3.03. The molecule has 22 heavy (non-hydrogen) atoms. The number of aromatic nitrogens is 2.